The Morgan fingerprint density at radius 1 is 1.25 bits per heavy atom. The Balaban J connectivity index is 2.01. The van der Waals surface area contributed by atoms with E-state index in [0.29, 0.717) is 25.0 Å². The first kappa shape index (κ1) is 22.3. The Morgan fingerprint density at radius 3 is 2.64 bits per heavy atom. The van der Waals surface area contributed by atoms with Crippen LogP contribution in [0.15, 0.2) is 34.6 Å². The van der Waals surface area contributed by atoms with Crippen molar-refractivity contribution in [2.45, 2.75) is 45.5 Å². The van der Waals surface area contributed by atoms with Crippen molar-refractivity contribution >= 4 is 27.3 Å². The van der Waals surface area contributed by atoms with Crippen LogP contribution in [0.4, 0.5) is 0 Å². The number of hydrogen-bond acceptors (Lipinski definition) is 5. The first-order valence-corrected chi connectivity index (χ1v) is 11.8. The summed E-state index contributed by atoms with van der Waals surface area (Å²) in [5, 5.41) is 9.64. The van der Waals surface area contributed by atoms with Crippen molar-refractivity contribution in [2.24, 2.45) is 4.99 Å². The molecule has 0 aliphatic heterocycles. The molecule has 0 atom stereocenters. The summed E-state index contributed by atoms with van der Waals surface area (Å²) in [5.41, 5.74) is 2.80. The third-order valence-electron chi connectivity index (χ3n) is 3.99. The normalized spacial score (nSPS) is 12.4. The summed E-state index contributed by atoms with van der Waals surface area (Å²) in [6.45, 7) is 8.10. The van der Waals surface area contributed by atoms with Gasteiger partial charge in [-0.05, 0) is 31.0 Å². The third kappa shape index (κ3) is 7.21. The monoisotopic (exact) mass is 423 g/mol. The molecule has 0 amide bonds. The number of benzene rings is 1. The van der Waals surface area contributed by atoms with E-state index in [1.807, 2.05) is 25.1 Å². The van der Waals surface area contributed by atoms with Gasteiger partial charge >= 0.3 is 0 Å². The fourth-order valence-electron chi connectivity index (χ4n) is 2.45. The molecule has 0 unspecified atom stereocenters. The maximum absolute atomic E-state index is 11.7. The van der Waals surface area contributed by atoms with Crippen LogP contribution in [-0.4, -0.2) is 33.0 Å². The van der Waals surface area contributed by atoms with Gasteiger partial charge in [0.25, 0.3) is 0 Å². The second-order valence-electron chi connectivity index (χ2n) is 6.65. The summed E-state index contributed by atoms with van der Waals surface area (Å²) in [7, 11) is -1.87. The molecule has 28 heavy (non-hydrogen) atoms. The summed E-state index contributed by atoms with van der Waals surface area (Å²) in [5.74, 6) is 1.09. The predicted molar refractivity (Wildman–Crippen MR) is 116 cm³/mol. The molecular formula is C19H29N5O2S2. The average molecular weight is 424 g/mol. The molecule has 0 saturated carbocycles. The number of guanidine groups is 1. The van der Waals surface area contributed by atoms with Crippen LogP contribution in [0, 0.1) is 0 Å². The Labute approximate surface area is 171 Å². The number of aromatic nitrogens is 1. The van der Waals surface area contributed by atoms with Gasteiger partial charge in [-0.25, -0.2) is 23.1 Å². The van der Waals surface area contributed by atoms with E-state index in [-0.39, 0.29) is 5.75 Å². The molecule has 1 heterocycles. The molecular weight excluding hydrogens is 394 g/mol. The molecule has 0 bridgehead atoms. The van der Waals surface area contributed by atoms with Crippen LogP contribution in [0.25, 0.3) is 0 Å². The second-order valence-corrected chi connectivity index (χ2v) is 9.52. The first-order valence-electron chi connectivity index (χ1n) is 9.28. The van der Waals surface area contributed by atoms with Gasteiger partial charge in [-0.2, -0.15) is 0 Å². The lowest BCUT2D eigenvalue weighted by Gasteiger charge is -2.10. The Bertz CT molecular complexity index is 891. The topological polar surface area (TPSA) is 95.5 Å². The van der Waals surface area contributed by atoms with Gasteiger partial charge in [0, 0.05) is 11.9 Å². The molecule has 7 nitrogen and oxygen atoms in total. The molecule has 0 aliphatic rings. The summed E-state index contributed by atoms with van der Waals surface area (Å²) in [4.78, 5) is 9.23. The molecule has 3 N–H and O–H groups in total. The van der Waals surface area contributed by atoms with E-state index in [2.05, 4.69) is 44.6 Å². The number of aliphatic imine (C=N–C) groups is 1. The largest absolute Gasteiger partial charge is 0.357 e. The van der Waals surface area contributed by atoms with Crippen molar-refractivity contribution in [3.8, 4) is 0 Å². The van der Waals surface area contributed by atoms with Crippen molar-refractivity contribution < 1.29 is 8.42 Å². The summed E-state index contributed by atoms with van der Waals surface area (Å²) in [6.07, 6.45) is 0. The van der Waals surface area contributed by atoms with E-state index in [1.54, 1.807) is 17.4 Å². The zero-order valence-corrected chi connectivity index (χ0v) is 18.5. The predicted octanol–water partition coefficient (Wildman–Crippen LogP) is 2.57. The maximum Gasteiger partial charge on any atom is 0.215 e. The molecule has 0 radical (unpaired) electrons. The third-order valence-corrected chi connectivity index (χ3v) is 6.19. The lowest BCUT2D eigenvalue weighted by atomic mass is 10.1. The zero-order valence-electron chi connectivity index (χ0n) is 16.8. The fourth-order valence-corrected chi connectivity index (χ4v) is 4.11. The number of nitrogens with one attached hydrogen (secondary N) is 3. The molecule has 0 fully saturated rings. The molecule has 0 spiro atoms. The highest BCUT2D eigenvalue weighted by atomic mass is 32.2. The molecule has 0 saturated heterocycles. The smallest absolute Gasteiger partial charge is 0.215 e. The lowest BCUT2D eigenvalue weighted by Crippen LogP contribution is -2.36. The lowest BCUT2D eigenvalue weighted by molar-refractivity contribution is 0.587. The van der Waals surface area contributed by atoms with Gasteiger partial charge in [0.2, 0.25) is 10.0 Å². The van der Waals surface area contributed by atoms with Crippen molar-refractivity contribution in [1.29, 1.82) is 0 Å². The minimum Gasteiger partial charge on any atom is -0.357 e. The average Bonchev–Trinajstić information content (AvgIpc) is 3.13. The molecule has 1 aromatic carbocycles. The van der Waals surface area contributed by atoms with Gasteiger partial charge < -0.3 is 10.6 Å². The molecule has 1 aromatic heterocycles. The van der Waals surface area contributed by atoms with Gasteiger partial charge in [-0.1, -0.05) is 38.1 Å². The Kier molecular flexibility index (Phi) is 8.40. The minimum atomic E-state index is -3.29. The van der Waals surface area contributed by atoms with E-state index in [0.717, 1.165) is 28.4 Å². The van der Waals surface area contributed by atoms with Gasteiger partial charge in [0.15, 0.2) is 5.96 Å². The number of rotatable bonds is 9. The number of nitrogens with zero attached hydrogens (tertiary/aromatic N) is 2. The molecule has 2 rings (SSSR count). The molecule has 2 aromatic rings. The van der Waals surface area contributed by atoms with E-state index in [4.69, 9.17) is 0 Å². The quantitative estimate of drug-likeness (QED) is 0.426. The van der Waals surface area contributed by atoms with Gasteiger partial charge in [-0.15, -0.1) is 11.3 Å². The summed E-state index contributed by atoms with van der Waals surface area (Å²) >= 11 is 1.64. The first-order chi connectivity index (χ1) is 13.3. The van der Waals surface area contributed by atoms with Crippen molar-refractivity contribution in [1.82, 2.24) is 20.3 Å². The number of hydrogen-bond donors (Lipinski definition) is 3. The van der Waals surface area contributed by atoms with Gasteiger partial charge in [0.05, 0.1) is 24.5 Å². The van der Waals surface area contributed by atoms with E-state index >= 15 is 0 Å². The molecule has 9 heteroatoms. The van der Waals surface area contributed by atoms with Crippen LogP contribution < -0.4 is 15.4 Å². The van der Waals surface area contributed by atoms with Crippen molar-refractivity contribution in [2.75, 3.05) is 13.6 Å². The summed E-state index contributed by atoms with van der Waals surface area (Å²) in [6, 6.07) is 7.48. The van der Waals surface area contributed by atoms with Crippen LogP contribution >= 0.6 is 11.3 Å². The second kappa shape index (κ2) is 10.5. The standard InChI is InChI=1S/C19H29N5O2S2/c1-5-21-19(23-11-18-24-17(12-27-18)14(2)3)22-10-15-7-6-8-16(9-15)13-28(25,26)20-4/h6-9,12,14,20H,5,10-11,13H2,1-4H3,(H2,21,22,23). The Hall–Kier alpha value is -1.97. The van der Waals surface area contributed by atoms with Crippen molar-refractivity contribution in [3.05, 3.63) is 51.5 Å². The van der Waals surface area contributed by atoms with Crippen LogP contribution in [-0.2, 0) is 28.9 Å². The number of sulfonamides is 1. The zero-order chi connectivity index (χ0) is 20.6. The fraction of sp³-hybridized carbons (Fsp3) is 0.474. The molecule has 154 valence electrons. The maximum atomic E-state index is 11.7. The highest BCUT2D eigenvalue weighted by Gasteiger charge is 2.09. The highest BCUT2D eigenvalue weighted by molar-refractivity contribution is 7.88. The van der Waals surface area contributed by atoms with E-state index < -0.39 is 10.0 Å². The van der Waals surface area contributed by atoms with E-state index in [1.165, 1.54) is 7.05 Å². The minimum absolute atomic E-state index is 0.0401. The highest BCUT2D eigenvalue weighted by Crippen LogP contribution is 2.17. The Morgan fingerprint density at radius 2 is 2.00 bits per heavy atom. The van der Waals surface area contributed by atoms with Crippen LogP contribution in [0.3, 0.4) is 0 Å². The number of thiazole rings is 1. The SMILES string of the molecule is CCNC(=NCc1cccc(CS(=O)(=O)NC)c1)NCc1nc(C(C)C)cs1. The molecule has 0 aliphatic carbocycles. The van der Waals surface area contributed by atoms with E-state index in [9.17, 15) is 8.42 Å². The van der Waals surface area contributed by atoms with Crippen LogP contribution in [0.5, 0.6) is 0 Å². The van der Waals surface area contributed by atoms with Gasteiger partial charge in [0.1, 0.15) is 5.01 Å². The van der Waals surface area contributed by atoms with Crippen LogP contribution in [0.1, 0.15) is 48.5 Å². The van der Waals surface area contributed by atoms with Gasteiger partial charge in [-0.3, -0.25) is 0 Å². The summed E-state index contributed by atoms with van der Waals surface area (Å²) < 4.78 is 25.8. The van der Waals surface area contributed by atoms with Crippen molar-refractivity contribution in [3.63, 3.8) is 0 Å². The van der Waals surface area contributed by atoms with Crippen LogP contribution in [0.2, 0.25) is 0 Å².